The molecule has 0 spiro atoms. The zero-order valence-electron chi connectivity index (χ0n) is 10.1. The minimum atomic E-state index is 0.459. The lowest BCUT2D eigenvalue weighted by atomic mass is 10.1. The van der Waals surface area contributed by atoms with Crippen LogP contribution < -0.4 is 0 Å². The molecule has 2 aromatic heterocycles. The van der Waals surface area contributed by atoms with Crippen molar-refractivity contribution >= 4 is 23.1 Å². The van der Waals surface area contributed by atoms with Crippen molar-refractivity contribution in [1.82, 2.24) is 9.78 Å². The molecule has 0 unspecified atom stereocenters. The number of fused-ring (bicyclic) bond motifs is 1. The third-order valence-electron chi connectivity index (χ3n) is 3.09. The molecule has 3 heterocycles. The van der Waals surface area contributed by atoms with Crippen molar-refractivity contribution in [1.29, 1.82) is 0 Å². The lowest BCUT2D eigenvalue weighted by molar-refractivity contribution is 0.512. The summed E-state index contributed by atoms with van der Waals surface area (Å²) in [5, 5.41) is 6.98. The minimum absolute atomic E-state index is 0.459. The second-order valence-corrected chi connectivity index (χ2v) is 6.64. The van der Waals surface area contributed by atoms with Gasteiger partial charge in [-0.15, -0.1) is 11.3 Å². The van der Waals surface area contributed by atoms with Crippen LogP contribution in [0.5, 0.6) is 0 Å². The molecule has 0 atom stereocenters. The standard InChI is InChI=1S/C13H16N2S2/c1-9(2)15-11-5-7-16-8-10(11)13(14-15)12-4-3-6-17-12/h3-4,6,9H,5,7-8H2,1-2H3. The quantitative estimate of drug-likeness (QED) is 0.816. The van der Waals surface area contributed by atoms with Crippen LogP contribution in [-0.2, 0) is 12.2 Å². The molecule has 4 heteroatoms. The van der Waals surface area contributed by atoms with Crippen LogP contribution in [0.15, 0.2) is 17.5 Å². The summed E-state index contributed by atoms with van der Waals surface area (Å²) >= 11 is 3.81. The molecule has 0 aromatic carbocycles. The molecule has 1 aliphatic heterocycles. The molecule has 0 saturated carbocycles. The first-order valence-electron chi connectivity index (χ1n) is 5.99. The number of thioether (sulfide) groups is 1. The molecular formula is C13H16N2S2. The van der Waals surface area contributed by atoms with Gasteiger partial charge in [0.1, 0.15) is 5.69 Å². The normalized spacial score (nSPS) is 15.2. The highest BCUT2D eigenvalue weighted by Gasteiger charge is 2.23. The summed E-state index contributed by atoms with van der Waals surface area (Å²) in [5.74, 6) is 2.35. The summed E-state index contributed by atoms with van der Waals surface area (Å²) in [7, 11) is 0. The number of aromatic nitrogens is 2. The van der Waals surface area contributed by atoms with Gasteiger partial charge < -0.3 is 0 Å². The number of hydrogen-bond acceptors (Lipinski definition) is 3. The largest absolute Gasteiger partial charge is 0.266 e. The summed E-state index contributed by atoms with van der Waals surface area (Å²) in [6, 6.07) is 4.74. The van der Waals surface area contributed by atoms with Gasteiger partial charge in [-0.25, -0.2) is 0 Å². The van der Waals surface area contributed by atoms with Gasteiger partial charge in [0, 0.05) is 23.1 Å². The first-order valence-corrected chi connectivity index (χ1v) is 8.02. The Morgan fingerprint density at radius 3 is 3.00 bits per heavy atom. The second-order valence-electron chi connectivity index (χ2n) is 4.59. The minimum Gasteiger partial charge on any atom is -0.266 e. The van der Waals surface area contributed by atoms with Gasteiger partial charge in [0.25, 0.3) is 0 Å². The van der Waals surface area contributed by atoms with Gasteiger partial charge in [0.05, 0.1) is 4.88 Å². The number of hydrogen-bond donors (Lipinski definition) is 0. The van der Waals surface area contributed by atoms with Gasteiger partial charge in [-0.05, 0) is 37.5 Å². The van der Waals surface area contributed by atoms with Crippen LogP contribution >= 0.6 is 23.1 Å². The molecule has 0 saturated heterocycles. The molecule has 0 N–H and O–H groups in total. The second kappa shape index (κ2) is 4.50. The van der Waals surface area contributed by atoms with E-state index in [0.29, 0.717) is 6.04 Å². The Morgan fingerprint density at radius 1 is 1.41 bits per heavy atom. The molecule has 3 rings (SSSR count). The maximum absolute atomic E-state index is 4.85. The molecule has 0 radical (unpaired) electrons. The van der Waals surface area contributed by atoms with Crippen molar-refractivity contribution in [3.63, 3.8) is 0 Å². The molecule has 2 aromatic rings. The van der Waals surface area contributed by atoms with Gasteiger partial charge in [0.2, 0.25) is 0 Å². The SMILES string of the molecule is CC(C)n1nc(-c2cccs2)c2c1CCSC2. The lowest BCUT2D eigenvalue weighted by Gasteiger charge is -2.15. The number of rotatable bonds is 2. The average molecular weight is 264 g/mol. The Balaban J connectivity index is 2.16. The first kappa shape index (κ1) is 11.4. The van der Waals surface area contributed by atoms with Crippen LogP contribution in [0, 0.1) is 0 Å². The topological polar surface area (TPSA) is 17.8 Å². The van der Waals surface area contributed by atoms with Gasteiger partial charge >= 0.3 is 0 Å². The predicted molar refractivity (Wildman–Crippen MR) is 75.8 cm³/mol. The van der Waals surface area contributed by atoms with Crippen LogP contribution in [0.4, 0.5) is 0 Å². The fraction of sp³-hybridized carbons (Fsp3) is 0.462. The van der Waals surface area contributed by atoms with E-state index in [9.17, 15) is 0 Å². The van der Waals surface area contributed by atoms with Crippen LogP contribution in [0.3, 0.4) is 0 Å². The molecule has 0 aliphatic carbocycles. The third-order valence-corrected chi connectivity index (χ3v) is 4.95. The average Bonchev–Trinajstić information content (AvgIpc) is 2.95. The Kier molecular flexibility index (Phi) is 3.01. The van der Waals surface area contributed by atoms with Gasteiger partial charge in [0.15, 0.2) is 0 Å². The van der Waals surface area contributed by atoms with E-state index >= 15 is 0 Å². The highest BCUT2D eigenvalue weighted by molar-refractivity contribution is 7.98. The van der Waals surface area contributed by atoms with Crippen LogP contribution in [-0.4, -0.2) is 15.5 Å². The summed E-state index contributed by atoms with van der Waals surface area (Å²) in [5.41, 5.74) is 4.15. The monoisotopic (exact) mass is 264 g/mol. The van der Waals surface area contributed by atoms with Crippen molar-refractivity contribution < 1.29 is 0 Å². The van der Waals surface area contributed by atoms with Crippen LogP contribution in [0.2, 0.25) is 0 Å². The zero-order valence-corrected chi connectivity index (χ0v) is 11.8. The highest BCUT2D eigenvalue weighted by Crippen LogP contribution is 2.36. The number of nitrogens with zero attached hydrogens (tertiary/aromatic N) is 2. The Labute approximate surface area is 110 Å². The van der Waals surface area contributed by atoms with Crippen molar-refractivity contribution in [3.8, 4) is 10.6 Å². The van der Waals surface area contributed by atoms with Crippen molar-refractivity contribution in [2.45, 2.75) is 32.1 Å². The Hall–Kier alpha value is -0.740. The van der Waals surface area contributed by atoms with E-state index in [1.165, 1.54) is 27.6 Å². The van der Waals surface area contributed by atoms with E-state index in [-0.39, 0.29) is 0 Å². The van der Waals surface area contributed by atoms with E-state index < -0.39 is 0 Å². The van der Waals surface area contributed by atoms with E-state index in [4.69, 9.17) is 5.10 Å². The fourth-order valence-corrected chi connectivity index (χ4v) is 4.03. The molecule has 90 valence electrons. The van der Waals surface area contributed by atoms with Crippen LogP contribution in [0.25, 0.3) is 10.6 Å². The summed E-state index contributed by atoms with van der Waals surface area (Å²) in [6.45, 7) is 4.43. The fourth-order valence-electron chi connectivity index (χ4n) is 2.30. The van der Waals surface area contributed by atoms with Crippen molar-refractivity contribution in [3.05, 3.63) is 28.8 Å². The van der Waals surface area contributed by atoms with Crippen molar-refractivity contribution in [2.24, 2.45) is 0 Å². The molecule has 17 heavy (non-hydrogen) atoms. The molecule has 1 aliphatic rings. The third kappa shape index (κ3) is 1.93. The Bertz CT molecular complexity index is 512. The molecule has 0 amide bonds. The molecule has 0 fully saturated rings. The molecule has 0 bridgehead atoms. The maximum Gasteiger partial charge on any atom is 0.107 e. The molecular weight excluding hydrogens is 248 g/mol. The lowest BCUT2D eigenvalue weighted by Crippen LogP contribution is -2.11. The molecule has 2 nitrogen and oxygen atoms in total. The summed E-state index contributed by atoms with van der Waals surface area (Å²) < 4.78 is 2.23. The first-order chi connectivity index (χ1) is 8.27. The summed E-state index contributed by atoms with van der Waals surface area (Å²) in [4.78, 5) is 1.31. The van der Waals surface area contributed by atoms with Gasteiger partial charge in [-0.2, -0.15) is 16.9 Å². The maximum atomic E-state index is 4.85. The van der Waals surface area contributed by atoms with E-state index in [2.05, 4.69) is 36.0 Å². The highest BCUT2D eigenvalue weighted by atomic mass is 32.2. The van der Waals surface area contributed by atoms with E-state index in [0.717, 1.165) is 12.2 Å². The van der Waals surface area contributed by atoms with Crippen LogP contribution in [0.1, 0.15) is 31.1 Å². The van der Waals surface area contributed by atoms with Gasteiger partial charge in [-0.3, -0.25) is 4.68 Å². The zero-order chi connectivity index (χ0) is 11.8. The number of thiophene rings is 1. The predicted octanol–water partition coefficient (Wildman–Crippen LogP) is 3.98. The van der Waals surface area contributed by atoms with Crippen molar-refractivity contribution in [2.75, 3.05) is 5.75 Å². The Morgan fingerprint density at radius 2 is 2.29 bits per heavy atom. The summed E-state index contributed by atoms with van der Waals surface area (Å²) in [6.07, 6.45) is 1.16. The van der Waals surface area contributed by atoms with E-state index in [1.54, 1.807) is 11.3 Å². The van der Waals surface area contributed by atoms with Gasteiger partial charge in [-0.1, -0.05) is 6.07 Å². The smallest absolute Gasteiger partial charge is 0.107 e. The van der Waals surface area contributed by atoms with E-state index in [1.807, 2.05) is 11.8 Å².